The van der Waals surface area contributed by atoms with Crippen molar-refractivity contribution in [3.8, 4) is 11.5 Å². The van der Waals surface area contributed by atoms with Gasteiger partial charge in [-0.3, -0.25) is 9.89 Å². The van der Waals surface area contributed by atoms with E-state index in [0.29, 0.717) is 13.2 Å². The number of aliphatic imine (C=N–C) groups is 1. The lowest BCUT2D eigenvalue weighted by Gasteiger charge is -2.48. The lowest BCUT2D eigenvalue weighted by atomic mass is 9.80. The monoisotopic (exact) mass is 544 g/mol. The lowest BCUT2D eigenvalue weighted by molar-refractivity contribution is -0.0352. The summed E-state index contributed by atoms with van der Waals surface area (Å²) in [5.41, 5.74) is 1.47. The Hall–Kier alpha value is -1.26. The topological polar surface area (TPSA) is 67.4 Å². The average molecular weight is 544 g/mol. The minimum Gasteiger partial charge on any atom is -0.486 e. The molecule has 1 aromatic rings. The molecule has 1 aromatic carbocycles. The molecular formula is C23H37IN4O3. The summed E-state index contributed by atoms with van der Waals surface area (Å²) in [4.78, 5) is 7.11. The highest BCUT2D eigenvalue weighted by Crippen LogP contribution is 2.34. The van der Waals surface area contributed by atoms with Crippen LogP contribution in [-0.2, 0) is 11.2 Å². The summed E-state index contributed by atoms with van der Waals surface area (Å²) in [6.45, 7) is 6.79. The van der Waals surface area contributed by atoms with Crippen LogP contribution < -0.4 is 20.1 Å². The van der Waals surface area contributed by atoms with Crippen LogP contribution in [0.2, 0.25) is 0 Å². The molecule has 1 aliphatic carbocycles. The van der Waals surface area contributed by atoms with Crippen molar-refractivity contribution >= 4 is 29.9 Å². The number of ether oxygens (including phenoxy) is 3. The Labute approximate surface area is 203 Å². The molecule has 2 N–H and O–H groups in total. The van der Waals surface area contributed by atoms with E-state index in [4.69, 9.17) is 14.2 Å². The summed E-state index contributed by atoms with van der Waals surface area (Å²) in [6.07, 6.45) is 7.41. The van der Waals surface area contributed by atoms with Gasteiger partial charge in [0.1, 0.15) is 13.2 Å². The van der Waals surface area contributed by atoms with E-state index in [-0.39, 0.29) is 29.5 Å². The van der Waals surface area contributed by atoms with Crippen LogP contribution in [0.4, 0.5) is 0 Å². The number of guanidine groups is 1. The molecule has 2 fully saturated rings. The Morgan fingerprint density at radius 2 is 1.74 bits per heavy atom. The Kier molecular flexibility index (Phi) is 9.52. The standard InChI is InChI=1S/C23H36N4O3.HI/c1-24-22(25-10-7-19-5-6-20-21(17-19)30-16-15-29-20)26-18-23(8-3-2-4-9-23)27-11-13-28-14-12-27;/h5-6,17H,2-4,7-16,18H2,1H3,(H2,24,25,26);1H. The summed E-state index contributed by atoms with van der Waals surface area (Å²) in [7, 11) is 1.85. The minimum absolute atomic E-state index is 0. The zero-order valence-corrected chi connectivity index (χ0v) is 21.0. The first-order valence-corrected chi connectivity index (χ1v) is 11.4. The fourth-order valence-electron chi connectivity index (χ4n) is 4.89. The molecule has 0 aromatic heterocycles. The minimum atomic E-state index is 0. The van der Waals surface area contributed by atoms with Gasteiger partial charge in [0.05, 0.1) is 13.2 Å². The molecule has 1 saturated heterocycles. The highest BCUT2D eigenvalue weighted by Gasteiger charge is 2.38. The molecule has 3 aliphatic rings. The van der Waals surface area contributed by atoms with Crippen molar-refractivity contribution < 1.29 is 14.2 Å². The van der Waals surface area contributed by atoms with Gasteiger partial charge < -0.3 is 24.8 Å². The van der Waals surface area contributed by atoms with Gasteiger partial charge in [0.25, 0.3) is 0 Å². The van der Waals surface area contributed by atoms with Crippen molar-refractivity contribution in [2.45, 2.75) is 44.1 Å². The Balaban J connectivity index is 0.00000272. The van der Waals surface area contributed by atoms with Gasteiger partial charge in [-0.2, -0.15) is 0 Å². The highest BCUT2D eigenvalue weighted by molar-refractivity contribution is 14.0. The molecule has 0 unspecified atom stereocenters. The van der Waals surface area contributed by atoms with Gasteiger partial charge in [-0.1, -0.05) is 25.3 Å². The zero-order valence-electron chi connectivity index (χ0n) is 18.7. The second-order valence-electron chi connectivity index (χ2n) is 8.46. The predicted molar refractivity (Wildman–Crippen MR) is 134 cm³/mol. The molecule has 0 spiro atoms. The molecule has 174 valence electrons. The third-order valence-electron chi connectivity index (χ3n) is 6.59. The maximum absolute atomic E-state index is 5.69. The SMILES string of the molecule is CN=C(NCCc1ccc2c(c1)OCCO2)NCC1(N2CCOCC2)CCCCC1.I. The number of hydrogen-bond donors (Lipinski definition) is 2. The van der Waals surface area contributed by atoms with Crippen molar-refractivity contribution in [2.24, 2.45) is 4.99 Å². The number of rotatable bonds is 6. The van der Waals surface area contributed by atoms with Crippen molar-refractivity contribution in [2.75, 3.05) is 59.7 Å². The molecule has 8 heteroatoms. The molecule has 1 saturated carbocycles. The Morgan fingerprint density at radius 3 is 2.48 bits per heavy atom. The van der Waals surface area contributed by atoms with E-state index in [0.717, 1.165) is 63.3 Å². The Morgan fingerprint density at radius 1 is 1.00 bits per heavy atom. The number of hydrogen-bond acceptors (Lipinski definition) is 5. The van der Waals surface area contributed by atoms with Crippen LogP contribution in [0.25, 0.3) is 0 Å². The lowest BCUT2D eigenvalue weighted by Crippen LogP contribution is -2.60. The van der Waals surface area contributed by atoms with Crippen LogP contribution in [-0.4, -0.2) is 76.1 Å². The van der Waals surface area contributed by atoms with Crippen LogP contribution in [0.5, 0.6) is 11.5 Å². The van der Waals surface area contributed by atoms with Gasteiger partial charge in [-0.05, 0) is 37.0 Å². The first-order valence-electron chi connectivity index (χ1n) is 11.4. The number of benzene rings is 1. The van der Waals surface area contributed by atoms with Gasteiger partial charge in [-0.15, -0.1) is 24.0 Å². The van der Waals surface area contributed by atoms with Gasteiger partial charge in [0.2, 0.25) is 0 Å². The fourth-order valence-corrected chi connectivity index (χ4v) is 4.89. The number of nitrogens with one attached hydrogen (secondary N) is 2. The van der Waals surface area contributed by atoms with E-state index >= 15 is 0 Å². The van der Waals surface area contributed by atoms with Crippen molar-refractivity contribution in [3.05, 3.63) is 23.8 Å². The second-order valence-corrected chi connectivity index (χ2v) is 8.46. The first-order chi connectivity index (χ1) is 14.8. The maximum atomic E-state index is 5.69. The third-order valence-corrected chi connectivity index (χ3v) is 6.59. The number of fused-ring (bicyclic) bond motifs is 1. The first kappa shape index (κ1) is 24.4. The van der Waals surface area contributed by atoms with E-state index in [2.05, 4.69) is 32.7 Å². The molecule has 0 amide bonds. The fraction of sp³-hybridized carbons (Fsp3) is 0.696. The van der Waals surface area contributed by atoms with Crippen molar-refractivity contribution in [1.82, 2.24) is 15.5 Å². The number of morpholine rings is 1. The molecule has 0 atom stereocenters. The average Bonchev–Trinajstić information content (AvgIpc) is 2.82. The highest BCUT2D eigenvalue weighted by atomic mass is 127. The molecule has 0 radical (unpaired) electrons. The summed E-state index contributed by atoms with van der Waals surface area (Å²) in [5.74, 6) is 2.58. The smallest absolute Gasteiger partial charge is 0.191 e. The largest absolute Gasteiger partial charge is 0.486 e. The van der Waals surface area contributed by atoms with E-state index in [1.54, 1.807) is 0 Å². The molecule has 7 nitrogen and oxygen atoms in total. The molecule has 31 heavy (non-hydrogen) atoms. The van der Waals surface area contributed by atoms with E-state index in [1.165, 1.54) is 37.7 Å². The van der Waals surface area contributed by atoms with Crippen LogP contribution in [0.3, 0.4) is 0 Å². The summed E-state index contributed by atoms with van der Waals surface area (Å²) < 4.78 is 16.9. The quantitative estimate of drug-likeness (QED) is 0.326. The van der Waals surface area contributed by atoms with Crippen LogP contribution >= 0.6 is 24.0 Å². The zero-order chi connectivity index (χ0) is 20.7. The normalized spacial score (nSPS) is 21.1. The van der Waals surface area contributed by atoms with Gasteiger partial charge in [0, 0.05) is 38.8 Å². The second kappa shape index (κ2) is 12.1. The van der Waals surface area contributed by atoms with Crippen LogP contribution in [0.1, 0.15) is 37.7 Å². The molecule has 2 heterocycles. The summed E-state index contributed by atoms with van der Waals surface area (Å²) in [6, 6.07) is 6.20. The van der Waals surface area contributed by atoms with Gasteiger partial charge in [0.15, 0.2) is 17.5 Å². The van der Waals surface area contributed by atoms with E-state index in [9.17, 15) is 0 Å². The van der Waals surface area contributed by atoms with Crippen molar-refractivity contribution in [1.29, 1.82) is 0 Å². The van der Waals surface area contributed by atoms with Gasteiger partial charge in [-0.25, -0.2) is 0 Å². The number of nitrogens with zero attached hydrogens (tertiary/aromatic N) is 2. The molecular weight excluding hydrogens is 507 g/mol. The van der Waals surface area contributed by atoms with E-state index in [1.807, 2.05) is 13.1 Å². The van der Waals surface area contributed by atoms with E-state index < -0.39 is 0 Å². The molecule has 0 bridgehead atoms. The Bertz CT molecular complexity index is 719. The summed E-state index contributed by atoms with van der Waals surface area (Å²) >= 11 is 0. The van der Waals surface area contributed by atoms with Crippen LogP contribution in [0, 0.1) is 0 Å². The number of halogens is 1. The summed E-state index contributed by atoms with van der Waals surface area (Å²) in [5, 5.41) is 7.11. The van der Waals surface area contributed by atoms with Gasteiger partial charge >= 0.3 is 0 Å². The molecule has 2 aliphatic heterocycles. The van der Waals surface area contributed by atoms with Crippen molar-refractivity contribution in [3.63, 3.8) is 0 Å². The predicted octanol–water partition coefficient (Wildman–Crippen LogP) is 2.82. The molecule has 4 rings (SSSR count). The third kappa shape index (κ3) is 6.38. The van der Waals surface area contributed by atoms with Crippen LogP contribution in [0.15, 0.2) is 23.2 Å². The maximum Gasteiger partial charge on any atom is 0.191 e.